The molecule has 0 saturated carbocycles. The predicted octanol–water partition coefficient (Wildman–Crippen LogP) is 3.56. The van der Waals surface area contributed by atoms with Gasteiger partial charge in [0.15, 0.2) is 0 Å². The van der Waals surface area contributed by atoms with Gasteiger partial charge in [0, 0.05) is 5.92 Å². The number of rotatable bonds is 2. The second-order valence-electron chi connectivity index (χ2n) is 7.14. The molecule has 140 valence electrons. The van der Waals surface area contributed by atoms with Crippen LogP contribution in [0.5, 0.6) is 5.75 Å². The highest BCUT2D eigenvalue weighted by atomic mass is 16.5. The van der Waals surface area contributed by atoms with E-state index in [2.05, 4.69) is 54.8 Å². The molecule has 28 heavy (non-hydrogen) atoms. The summed E-state index contributed by atoms with van der Waals surface area (Å²) in [7, 11) is 0. The zero-order chi connectivity index (χ0) is 20.3. The fourth-order valence-corrected chi connectivity index (χ4v) is 2.52. The van der Waals surface area contributed by atoms with Crippen molar-refractivity contribution in [3.63, 3.8) is 0 Å². The minimum absolute atomic E-state index is 0.0697. The summed E-state index contributed by atoms with van der Waals surface area (Å²) >= 11 is 0. The van der Waals surface area contributed by atoms with Gasteiger partial charge in [0.1, 0.15) is 28.6 Å². The summed E-state index contributed by atoms with van der Waals surface area (Å²) in [5, 5.41) is 19.1. The summed E-state index contributed by atoms with van der Waals surface area (Å²) in [5.74, 6) is 6.95. The Morgan fingerprint density at radius 1 is 1.07 bits per heavy atom. The summed E-state index contributed by atoms with van der Waals surface area (Å²) in [5.41, 5.74) is 2.80. The molecule has 0 amide bonds. The quantitative estimate of drug-likeness (QED) is 0.549. The van der Waals surface area contributed by atoms with Gasteiger partial charge in [-0.3, -0.25) is 0 Å². The molecule has 0 unspecified atom stereocenters. The average molecular weight is 373 g/mol. The molecular formula is C22H19N3O3. The van der Waals surface area contributed by atoms with E-state index < -0.39 is 5.97 Å². The Bertz CT molecular complexity index is 1180. The van der Waals surface area contributed by atoms with E-state index in [4.69, 9.17) is 4.74 Å². The van der Waals surface area contributed by atoms with Crippen molar-refractivity contribution < 1.29 is 14.6 Å². The summed E-state index contributed by atoms with van der Waals surface area (Å²) in [6.45, 7) is 7.90. The highest BCUT2D eigenvalue weighted by Gasteiger charge is 2.18. The van der Waals surface area contributed by atoms with Crippen molar-refractivity contribution in [2.75, 3.05) is 0 Å². The van der Waals surface area contributed by atoms with Crippen LogP contribution < -0.4 is 0 Å². The third-order valence-electron chi connectivity index (χ3n) is 4.06. The molecule has 1 aromatic heterocycles. The molecule has 6 heteroatoms. The number of benzene rings is 2. The van der Waals surface area contributed by atoms with E-state index in [1.54, 1.807) is 31.2 Å². The molecular weight excluding hydrogens is 354 g/mol. The molecule has 0 aliphatic rings. The molecule has 0 spiro atoms. The first kappa shape index (κ1) is 19.0. The third kappa shape index (κ3) is 3.97. The van der Waals surface area contributed by atoms with Crippen LogP contribution in [0.25, 0.3) is 16.7 Å². The number of phenolic OH excluding ortho intramolecular Hbond substituents is 1. The predicted molar refractivity (Wildman–Crippen MR) is 106 cm³/mol. The fraction of sp³-hybridized carbons (Fsp3) is 0.227. The SMILES string of the molecule is CC#CC#COC(=O)c1ccc2nn(-c3cc(C(C)(C)C)ccc3O)nc2c1. The lowest BCUT2D eigenvalue weighted by molar-refractivity contribution is 0.0691. The number of carbonyl (C=O) groups is 1. The number of nitrogens with zero attached hydrogens (tertiary/aromatic N) is 3. The van der Waals surface area contributed by atoms with E-state index in [0.29, 0.717) is 22.3 Å². The molecule has 3 rings (SSSR count). The highest BCUT2D eigenvalue weighted by Crippen LogP contribution is 2.29. The molecule has 2 aromatic carbocycles. The Hall–Kier alpha value is -3.77. The van der Waals surface area contributed by atoms with Crippen LogP contribution >= 0.6 is 0 Å². The molecule has 0 saturated heterocycles. The summed E-state index contributed by atoms with van der Waals surface area (Å²) in [6, 6.07) is 10.2. The first-order valence-corrected chi connectivity index (χ1v) is 8.63. The summed E-state index contributed by atoms with van der Waals surface area (Å²) in [4.78, 5) is 13.4. The lowest BCUT2D eigenvalue weighted by Crippen LogP contribution is -2.12. The Morgan fingerprint density at radius 3 is 2.54 bits per heavy atom. The van der Waals surface area contributed by atoms with Gasteiger partial charge in [-0.15, -0.1) is 15.0 Å². The average Bonchev–Trinajstić information content (AvgIpc) is 3.07. The van der Waals surface area contributed by atoms with Crippen molar-refractivity contribution in [2.24, 2.45) is 0 Å². The number of carbonyl (C=O) groups excluding carboxylic acids is 1. The molecule has 0 bridgehead atoms. The number of ether oxygens (including phenoxy) is 1. The van der Waals surface area contributed by atoms with E-state index in [1.807, 2.05) is 12.1 Å². The number of fused-ring (bicyclic) bond motifs is 1. The standard InChI is InChI=1S/C22H19N3O3/c1-5-6-7-12-28-21(27)15-8-10-17-18(13-15)24-25(23-17)19-14-16(22(2,3)4)9-11-20(19)26/h8-11,13-14,26H,1-4H3. The molecule has 0 fully saturated rings. The van der Waals surface area contributed by atoms with Crippen LogP contribution in [0.3, 0.4) is 0 Å². The summed E-state index contributed by atoms with van der Waals surface area (Å²) in [6.07, 6.45) is 2.24. The third-order valence-corrected chi connectivity index (χ3v) is 4.06. The molecule has 0 aliphatic carbocycles. The van der Waals surface area contributed by atoms with Gasteiger partial charge >= 0.3 is 5.97 Å². The highest BCUT2D eigenvalue weighted by molar-refractivity contribution is 5.94. The van der Waals surface area contributed by atoms with Gasteiger partial charge in [0.25, 0.3) is 0 Å². The number of aromatic hydroxyl groups is 1. The minimum atomic E-state index is -0.598. The molecule has 1 N–H and O–H groups in total. The largest absolute Gasteiger partial charge is 0.506 e. The number of esters is 1. The second kappa shape index (κ2) is 7.46. The van der Waals surface area contributed by atoms with Crippen molar-refractivity contribution in [2.45, 2.75) is 33.1 Å². The fourth-order valence-electron chi connectivity index (χ4n) is 2.52. The molecule has 6 nitrogen and oxygen atoms in total. The van der Waals surface area contributed by atoms with Crippen molar-refractivity contribution in [3.8, 4) is 35.3 Å². The second-order valence-corrected chi connectivity index (χ2v) is 7.14. The van der Waals surface area contributed by atoms with Gasteiger partial charge in [-0.05, 0) is 54.2 Å². The number of phenols is 1. The summed E-state index contributed by atoms with van der Waals surface area (Å²) < 4.78 is 4.85. The van der Waals surface area contributed by atoms with Crippen LogP contribution in [0.1, 0.15) is 43.6 Å². The van der Waals surface area contributed by atoms with Crippen LogP contribution in [0.2, 0.25) is 0 Å². The van der Waals surface area contributed by atoms with Gasteiger partial charge in [-0.25, -0.2) is 4.79 Å². The zero-order valence-electron chi connectivity index (χ0n) is 16.1. The van der Waals surface area contributed by atoms with E-state index in [0.717, 1.165) is 5.56 Å². The first-order valence-electron chi connectivity index (χ1n) is 8.63. The molecule has 0 atom stereocenters. The van der Waals surface area contributed by atoms with E-state index in [-0.39, 0.29) is 11.2 Å². The van der Waals surface area contributed by atoms with Crippen LogP contribution in [-0.2, 0) is 10.2 Å². The maximum Gasteiger partial charge on any atom is 0.352 e. The molecule has 0 aliphatic heterocycles. The maximum absolute atomic E-state index is 12.1. The number of hydrogen-bond acceptors (Lipinski definition) is 5. The lowest BCUT2D eigenvalue weighted by Gasteiger charge is -2.19. The van der Waals surface area contributed by atoms with Gasteiger partial charge < -0.3 is 9.84 Å². The monoisotopic (exact) mass is 373 g/mol. The maximum atomic E-state index is 12.1. The van der Waals surface area contributed by atoms with E-state index in [9.17, 15) is 9.90 Å². The molecule has 1 heterocycles. The van der Waals surface area contributed by atoms with Gasteiger partial charge in [0.2, 0.25) is 0 Å². The number of aromatic nitrogens is 3. The topological polar surface area (TPSA) is 77.2 Å². The Labute approximate surface area is 163 Å². The van der Waals surface area contributed by atoms with Crippen LogP contribution in [-0.4, -0.2) is 26.1 Å². The molecule has 0 radical (unpaired) electrons. The van der Waals surface area contributed by atoms with Crippen LogP contribution in [0.4, 0.5) is 0 Å². The van der Waals surface area contributed by atoms with E-state index in [1.165, 1.54) is 4.80 Å². The lowest BCUT2D eigenvalue weighted by atomic mass is 9.87. The van der Waals surface area contributed by atoms with Crippen molar-refractivity contribution >= 4 is 17.0 Å². The minimum Gasteiger partial charge on any atom is -0.506 e. The van der Waals surface area contributed by atoms with Crippen molar-refractivity contribution in [1.82, 2.24) is 15.0 Å². The van der Waals surface area contributed by atoms with Gasteiger partial charge in [-0.1, -0.05) is 32.8 Å². The Balaban J connectivity index is 1.97. The zero-order valence-corrected chi connectivity index (χ0v) is 16.1. The Morgan fingerprint density at radius 2 is 1.82 bits per heavy atom. The number of hydrogen-bond donors (Lipinski definition) is 1. The van der Waals surface area contributed by atoms with Crippen molar-refractivity contribution in [1.29, 1.82) is 0 Å². The van der Waals surface area contributed by atoms with Crippen LogP contribution in [0, 0.1) is 23.9 Å². The van der Waals surface area contributed by atoms with Gasteiger partial charge in [0.05, 0.1) is 5.56 Å². The van der Waals surface area contributed by atoms with Crippen LogP contribution in [0.15, 0.2) is 36.4 Å². The Kier molecular flexibility index (Phi) is 5.06. The first-order chi connectivity index (χ1) is 13.3. The smallest absolute Gasteiger partial charge is 0.352 e. The van der Waals surface area contributed by atoms with E-state index >= 15 is 0 Å². The molecule has 3 aromatic rings. The van der Waals surface area contributed by atoms with Gasteiger partial charge in [-0.2, -0.15) is 0 Å². The van der Waals surface area contributed by atoms with Crippen molar-refractivity contribution in [3.05, 3.63) is 47.5 Å². The normalized spacial score (nSPS) is 10.6.